The first-order chi connectivity index (χ1) is 16.1. The Kier molecular flexibility index (Phi) is 5.40. The molecule has 0 saturated heterocycles. The fourth-order valence-electron chi connectivity index (χ4n) is 4.10. The molecule has 164 valence electrons. The lowest BCUT2D eigenvalue weighted by Crippen LogP contribution is -2.18. The summed E-state index contributed by atoms with van der Waals surface area (Å²) in [6.07, 6.45) is 3.91. The van der Waals surface area contributed by atoms with E-state index < -0.39 is 0 Å². The van der Waals surface area contributed by atoms with E-state index in [2.05, 4.69) is 30.9 Å². The molecule has 2 aromatic carbocycles. The average molecular weight is 438 g/mol. The van der Waals surface area contributed by atoms with Crippen molar-refractivity contribution in [2.24, 2.45) is 0 Å². The van der Waals surface area contributed by atoms with Crippen molar-refractivity contribution in [3.63, 3.8) is 0 Å². The van der Waals surface area contributed by atoms with Gasteiger partial charge in [0.2, 0.25) is 0 Å². The summed E-state index contributed by atoms with van der Waals surface area (Å²) in [4.78, 5) is 37.2. The van der Waals surface area contributed by atoms with Crippen LogP contribution >= 0.6 is 0 Å². The maximum Gasteiger partial charge on any atom is 0.251 e. The van der Waals surface area contributed by atoms with Gasteiger partial charge in [-0.3, -0.25) is 14.6 Å². The molecule has 0 fully saturated rings. The zero-order valence-corrected chi connectivity index (χ0v) is 18.1. The number of hydrogen-bond acceptors (Lipinski definition) is 6. The van der Waals surface area contributed by atoms with E-state index >= 15 is 0 Å². The van der Waals surface area contributed by atoms with E-state index in [1.807, 2.05) is 42.5 Å². The van der Waals surface area contributed by atoms with Crippen LogP contribution in [0.3, 0.4) is 0 Å². The van der Waals surface area contributed by atoms with Gasteiger partial charge in [-0.25, -0.2) is 9.97 Å². The highest BCUT2D eigenvalue weighted by molar-refractivity contribution is 6.06. The predicted octanol–water partition coefficient (Wildman–Crippen LogP) is 2.95. The Hall–Kier alpha value is -4.33. The summed E-state index contributed by atoms with van der Waals surface area (Å²) in [5.41, 5.74) is 5.91. The predicted molar refractivity (Wildman–Crippen MR) is 126 cm³/mol. The van der Waals surface area contributed by atoms with Crippen molar-refractivity contribution in [2.45, 2.75) is 13.0 Å². The molecular weight excluding hydrogens is 416 g/mol. The van der Waals surface area contributed by atoms with Crippen molar-refractivity contribution < 1.29 is 9.59 Å². The monoisotopic (exact) mass is 438 g/mol. The van der Waals surface area contributed by atoms with E-state index in [1.165, 1.54) is 6.33 Å². The van der Waals surface area contributed by atoms with Gasteiger partial charge in [-0.05, 0) is 35.7 Å². The third kappa shape index (κ3) is 3.98. The van der Waals surface area contributed by atoms with Gasteiger partial charge in [-0.2, -0.15) is 0 Å². The smallest absolute Gasteiger partial charge is 0.251 e. The highest BCUT2D eigenvalue weighted by atomic mass is 16.2. The topological polar surface area (TPSA) is 109 Å². The summed E-state index contributed by atoms with van der Waals surface area (Å²) < 4.78 is 0. The second-order valence-corrected chi connectivity index (χ2v) is 7.77. The minimum atomic E-state index is -0.127. The SMILES string of the molecule is CNC(=O)c1ccnc2c(CCNc3cc(-c4ccc5c(c4)CNC5=O)ncn3)cccc12. The Morgan fingerprint density at radius 2 is 2.00 bits per heavy atom. The van der Waals surface area contributed by atoms with Crippen molar-refractivity contribution in [3.8, 4) is 11.3 Å². The number of aromatic nitrogens is 3. The third-order valence-electron chi connectivity index (χ3n) is 5.78. The van der Waals surface area contributed by atoms with Gasteiger partial charge in [0.15, 0.2) is 0 Å². The fraction of sp³-hybridized carbons (Fsp3) is 0.160. The number of amides is 2. The number of rotatable bonds is 6. The van der Waals surface area contributed by atoms with Crippen molar-refractivity contribution in [1.82, 2.24) is 25.6 Å². The number of fused-ring (bicyclic) bond motifs is 2. The van der Waals surface area contributed by atoms with E-state index in [4.69, 9.17) is 0 Å². The lowest BCUT2D eigenvalue weighted by Gasteiger charge is -2.11. The van der Waals surface area contributed by atoms with Gasteiger partial charge in [0.05, 0.1) is 16.8 Å². The number of hydrogen-bond donors (Lipinski definition) is 3. The Labute approximate surface area is 190 Å². The van der Waals surface area contributed by atoms with E-state index in [9.17, 15) is 9.59 Å². The zero-order valence-electron chi connectivity index (χ0n) is 18.1. The molecule has 3 N–H and O–H groups in total. The van der Waals surface area contributed by atoms with Crippen LogP contribution in [-0.4, -0.2) is 40.4 Å². The summed E-state index contributed by atoms with van der Waals surface area (Å²) in [6.45, 7) is 1.18. The van der Waals surface area contributed by atoms with Gasteiger partial charge in [0.1, 0.15) is 12.1 Å². The normalized spacial score (nSPS) is 12.3. The van der Waals surface area contributed by atoms with Gasteiger partial charge < -0.3 is 16.0 Å². The second-order valence-electron chi connectivity index (χ2n) is 7.77. The van der Waals surface area contributed by atoms with Gasteiger partial charge in [0, 0.05) is 48.9 Å². The molecule has 8 heteroatoms. The summed E-state index contributed by atoms with van der Waals surface area (Å²) in [5.74, 6) is 0.554. The number of anilines is 1. The summed E-state index contributed by atoms with van der Waals surface area (Å²) in [7, 11) is 1.62. The molecule has 0 saturated carbocycles. The molecule has 0 aliphatic carbocycles. The Balaban J connectivity index is 1.32. The van der Waals surface area contributed by atoms with Crippen LogP contribution in [0.25, 0.3) is 22.2 Å². The van der Waals surface area contributed by atoms with Crippen LogP contribution in [-0.2, 0) is 13.0 Å². The maximum atomic E-state index is 12.2. The number of benzene rings is 2. The lowest BCUT2D eigenvalue weighted by atomic mass is 10.0. The summed E-state index contributed by atoms with van der Waals surface area (Å²) in [5, 5.41) is 9.70. The van der Waals surface area contributed by atoms with Crippen LogP contribution in [0.4, 0.5) is 5.82 Å². The number of carbonyl (C=O) groups excluding carboxylic acids is 2. The van der Waals surface area contributed by atoms with E-state index in [0.29, 0.717) is 30.9 Å². The molecule has 8 nitrogen and oxygen atoms in total. The highest BCUT2D eigenvalue weighted by Crippen LogP contribution is 2.25. The van der Waals surface area contributed by atoms with E-state index in [0.717, 1.165) is 38.9 Å². The summed E-state index contributed by atoms with van der Waals surface area (Å²) >= 11 is 0. The van der Waals surface area contributed by atoms with Gasteiger partial charge in [0.25, 0.3) is 11.8 Å². The Bertz CT molecular complexity index is 1380. The van der Waals surface area contributed by atoms with Crippen LogP contribution in [0.1, 0.15) is 31.8 Å². The molecule has 5 rings (SSSR count). The number of pyridine rings is 1. The standard InChI is InChI=1S/C25H22N6O2/c1-26-24(32)20-8-10-28-23-15(3-2-4-19(20)23)7-9-27-22-12-21(30-14-31-22)16-5-6-18-17(11-16)13-29-25(18)33/h2-6,8,10-12,14H,7,9,13H2,1H3,(H,26,32)(H,29,33)(H,27,30,31). The van der Waals surface area contributed by atoms with Crippen molar-refractivity contribution in [1.29, 1.82) is 0 Å². The van der Waals surface area contributed by atoms with Crippen LogP contribution in [0.5, 0.6) is 0 Å². The highest BCUT2D eigenvalue weighted by Gasteiger charge is 2.19. The van der Waals surface area contributed by atoms with Crippen LogP contribution < -0.4 is 16.0 Å². The molecule has 0 spiro atoms. The molecule has 1 aliphatic rings. The number of carbonyl (C=O) groups is 2. The minimum absolute atomic E-state index is 0.0352. The molecule has 4 aromatic rings. The Morgan fingerprint density at radius 1 is 1.09 bits per heavy atom. The number of nitrogens with zero attached hydrogens (tertiary/aromatic N) is 3. The van der Waals surface area contributed by atoms with Crippen LogP contribution in [0, 0.1) is 0 Å². The molecule has 3 heterocycles. The first kappa shape index (κ1) is 20.6. The van der Waals surface area contributed by atoms with E-state index in [-0.39, 0.29) is 11.8 Å². The molecule has 0 bridgehead atoms. The molecule has 1 aliphatic heterocycles. The van der Waals surface area contributed by atoms with Crippen LogP contribution in [0.2, 0.25) is 0 Å². The largest absolute Gasteiger partial charge is 0.370 e. The van der Waals surface area contributed by atoms with Crippen LogP contribution in [0.15, 0.2) is 61.1 Å². The zero-order chi connectivity index (χ0) is 22.8. The first-order valence-electron chi connectivity index (χ1n) is 10.7. The van der Waals surface area contributed by atoms with Crippen molar-refractivity contribution in [3.05, 3.63) is 83.3 Å². The number of nitrogens with one attached hydrogen (secondary N) is 3. The average Bonchev–Trinajstić information content (AvgIpc) is 3.23. The minimum Gasteiger partial charge on any atom is -0.370 e. The number of para-hydroxylation sites is 1. The van der Waals surface area contributed by atoms with Gasteiger partial charge in [-0.15, -0.1) is 0 Å². The fourth-order valence-corrected chi connectivity index (χ4v) is 4.10. The maximum absolute atomic E-state index is 12.2. The van der Waals surface area contributed by atoms with Crippen molar-refractivity contribution >= 4 is 28.5 Å². The molecule has 2 aromatic heterocycles. The second kappa shape index (κ2) is 8.66. The Morgan fingerprint density at radius 3 is 2.88 bits per heavy atom. The molecule has 33 heavy (non-hydrogen) atoms. The van der Waals surface area contributed by atoms with Crippen molar-refractivity contribution in [2.75, 3.05) is 18.9 Å². The van der Waals surface area contributed by atoms with E-state index in [1.54, 1.807) is 19.3 Å². The summed E-state index contributed by atoms with van der Waals surface area (Å²) in [6, 6.07) is 15.3. The van der Waals surface area contributed by atoms with Gasteiger partial charge in [-0.1, -0.05) is 24.3 Å². The molecular formula is C25H22N6O2. The molecule has 2 amide bonds. The quantitative estimate of drug-likeness (QED) is 0.427. The first-order valence-corrected chi connectivity index (χ1v) is 10.7. The molecule has 0 unspecified atom stereocenters. The molecule has 0 radical (unpaired) electrons. The third-order valence-corrected chi connectivity index (χ3v) is 5.78. The molecule has 0 atom stereocenters. The van der Waals surface area contributed by atoms with Gasteiger partial charge >= 0.3 is 0 Å². The lowest BCUT2D eigenvalue weighted by molar-refractivity contribution is 0.0957.